The van der Waals surface area contributed by atoms with Crippen LogP contribution >= 0.6 is 0 Å². The number of nitrogens with zero attached hydrogens (tertiary/aromatic N) is 1. The van der Waals surface area contributed by atoms with Crippen molar-refractivity contribution in [1.82, 2.24) is 15.5 Å². The lowest BCUT2D eigenvalue weighted by Gasteiger charge is -2.50. The number of aromatic nitrogens is 2. The highest BCUT2D eigenvalue weighted by Crippen LogP contribution is 2.61. The number of carbonyl (C=O) groups excluding carboxylic acids is 1. The van der Waals surface area contributed by atoms with Gasteiger partial charge in [-0.05, 0) is 109 Å². The summed E-state index contributed by atoms with van der Waals surface area (Å²) in [6.07, 6.45) is 7.07. The Morgan fingerprint density at radius 3 is 2.80 bits per heavy atom. The smallest absolute Gasteiger partial charge is 0.272 e. The fourth-order valence-electron chi connectivity index (χ4n) is 8.61. The van der Waals surface area contributed by atoms with Crippen molar-refractivity contribution in [3.8, 4) is 5.75 Å². The minimum absolute atomic E-state index is 0.0201. The van der Waals surface area contributed by atoms with Crippen molar-refractivity contribution in [2.75, 3.05) is 13.2 Å². The van der Waals surface area contributed by atoms with Gasteiger partial charge < -0.3 is 15.2 Å². The second-order valence-electron chi connectivity index (χ2n) is 13.1. The molecule has 3 aliphatic rings. The lowest BCUT2D eigenvalue weighted by atomic mass is 9.55. The van der Waals surface area contributed by atoms with Crippen LogP contribution in [-0.4, -0.2) is 40.5 Å². The first kappa shape index (κ1) is 28.7. The molecule has 1 aromatic heterocycles. The number of carbonyl (C=O) groups is 1. The minimum Gasteiger partial charge on any atom is -0.508 e. The first-order chi connectivity index (χ1) is 21.3. The number of halogens is 1. The van der Waals surface area contributed by atoms with E-state index in [0.29, 0.717) is 54.2 Å². The summed E-state index contributed by atoms with van der Waals surface area (Å²) >= 11 is 0. The molecule has 228 valence electrons. The molecule has 4 aromatic rings. The number of phenols is 1. The normalized spacial score (nSPS) is 25.7. The van der Waals surface area contributed by atoms with Crippen LogP contribution in [0.1, 0.15) is 77.7 Å². The number of hydrogen-bond donors (Lipinski definition) is 3. The van der Waals surface area contributed by atoms with Crippen molar-refractivity contribution >= 4 is 16.7 Å². The highest BCUT2D eigenvalue weighted by molar-refractivity contribution is 5.94. The number of hydrogen-bond acceptors (Lipinski definition) is 5. The van der Waals surface area contributed by atoms with E-state index in [1.54, 1.807) is 24.3 Å². The predicted octanol–water partition coefficient (Wildman–Crippen LogP) is 6.03. The van der Waals surface area contributed by atoms with Gasteiger partial charge in [0.15, 0.2) is 0 Å². The Bertz CT molecular complexity index is 1790. The van der Waals surface area contributed by atoms with Crippen LogP contribution < -0.4 is 10.9 Å². The van der Waals surface area contributed by atoms with Gasteiger partial charge in [-0.3, -0.25) is 9.59 Å². The lowest BCUT2D eigenvalue weighted by Crippen LogP contribution is -2.45. The molecule has 3 aromatic carbocycles. The summed E-state index contributed by atoms with van der Waals surface area (Å²) in [7, 11) is 0. The van der Waals surface area contributed by atoms with Gasteiger partial charge in [-0.1, -0.05) is 37.3 Å². The molecular formula is C36H38FN3O4. The molecule has 8 heteroatoms. The Balaban J connectivity index is 0.962. The van der Waals surface area contributed by atoms with Crippen LogP contribution in [0.3, 0.4) is 0 Å². The van der Waals surface area contributed by atoms with Crippen molar-refractivity contribution in [3.05, 3.63) is 105 Å². The average Bonchev–Trinajstić information content (AvgIpc) is 3.37. The number of benzene rings is 3. The van der Waals surface area contributed by atoms with Crippen LogP contribution in [0.25, 0.3) is 10.8 Å². The molecule has 0 bridgehead atoms. The number of rotatable bonds is 7. The van der Waals surface area contributed by atoms with Crippen LogP contribution in [0.5, 0.6) is 5.75 Å². The second-order valence-corrected chi connectivity index (χ2v) is 13.1. The van der Waals surface area contributed by atoms with Gasteiger partial charge in [0.05, 0.1) is 29.4 Å². The predicted molar refractivity (Wildman–Crippen MR) is 166 cm³/mol. The third-order valence-electron chi connectivity index (χ3n) is 10.8. The first-order valence-corrected chi connectivity index (χ1v) is 15.8. The van der Waals surface area contributed by atoms with E-state index in [2.05, 4.69) is 28.5 Å². The molecule has 1 amide bonds. The van der Waals surface area contributed by atoms with Gasteiger partial charge in [-0.2, -0.15) is 5.10 Å². The van der Waals surface area contributed by atoms with Gasteiger partial charge in [0.1, 0.15) is 11.6 Å². The first-order valence-electron chi connectivity index (χ1n) is 15.8. The van der Waals surface area contributed by atoms with E-state index >= 15 is 0 Å². The maximum atomic E-state index is 14.7. The molecule has 2 saturated carbocycles. The topological polar surface area (TPSA) is 104 Å². The number of nitrogens with one attached hydrogen (secondary N) is 2. The zero-order valence-electron chi connectivity index (χ0n) is 24.9. The molecule has 7 rings (SSSR count). The standard InChI is InChI=1S/C36H38FN3O4/c1-36-15-14-25-24-10-8-23(41)20-22(24)7-9-26(25)30(36)11-13-33(36)44-17-16-38-34(42)29-18-21(6-12-31(29)37)19-32-27-4-2-3-5-28(27)35(43)40-39-32/h2-6,8,10,12,18,20,25-26,30,33,41H,7,9,11,13-17,19H2,1H3,(H,38,42)(H,40,43)/t25-,26-,30+,33+,36+/m1/s1. The third kappa shape index (κ3) is 5.09. The third-order valence-corrected chi connectivity index (χ3v) is 10.8. The van der Waals surface area contributed by atoms with Crippen molar-refractivity contribution in [3.63, 3.8) is 0 Å². The van der Waals surface area contributed by atoms with E-state index in [0.717, 1.165) is 49.5 Å². The fraction of sp³-hybridized carbons (Fsp3) is 0.417. The highest BCUT2D eigenvalue weighted by atomic mass is 19.1. The summed E-state index contributed by atoms with van der Waals surface area (Å²) < 4.78 is 21.2. The van der Waals surface area contributed by atoms with Gasteiger partial charge in [-0.15, -0.1) is 0 Å². The number of aryl methyl sites for hydroxylation is 1. The quantitative estimate of drug-likeness (QED) is 0.226. The summed E-state index contributed by atoms with van der Waals surface area (Å²) in [5, 5.41) is 20.8. The summed E-state index contributed by atoms with van der Waals surface area (Å²) in [4.78, 5) is 25.1. The maximum Gasteiger partial charge on any atom is 0.272 e. The molecule has 0 aliphatic heterocycles. The Morgan fingerprint density at radius 2 is 1.93 bits per heavy atom. The van der Waals surface area contributed by atoms with Crippen molar-refractivity contribution < 1.29 is 19.0 Å². The molecule has 5 atom stereocenters. The molecule has 0 spiro atoms. The van der Waals surface area contributed by atoms with E-state index in [4.69, 9.17) is 4.74 Å². The second kappa shape index (κ2) is 11.5. The summed E-state index contributed by atoms with van der Waals surface area (Å²) in [6.45, 7) is 3.07. The zero-order chi connectivity index (χ0) is 30.4. The Morgan fingerprint density at radius 1 is 1.09 bits per heavy atom. The van der Waals surface area contributed by atoms with Gasteiger partial charge in [0.25, 0.3) is 11.5 Å². The Labute approximate surface area is 255 Å². The van der Waals surface area contributed by atoms with E-state index in [-0.39, 0.29) is 22.6 Å². The SMILES string of the molecule is C[C@]12CC[C@@H]3c4ccc(O)cc4CC[C@H]3[C@@H]1CC[C@@H]2OCCNC(=O)c1cc(Cc2n[nH]c(=O)c3ccccc23)ccc1F. The highest BCUT2D eigenvalue weighted by Gasteiger charge is 2.55. The largest absolute Gasteiger partial charge is 0.508 e. The van der Waals surface area contributed by atoms with Crippen LogP contribution in [0.4, 0.5) is 4.39 Å². The van der Waals surface area contributed by atoms with Crippen molar-refractivity contribution in [1.29, 1.82) is 0 Å². The number of ether oxygens (including phenoxy) is 1. The number of H-pyrrole nitrogens is 1. The molecule has 0 radical (unpaired) electrons. The van der Waals surface area contributed by atoms with Crippen LogP contribution in [0.2, 0.25) is 0 Å². The molecule has 2 fully saturated rings. The van der Waals surface area contributed by atoms with Crippen molar-refractivity contribution in [2.45, 2.75) is 63.9 Å². The van der Waals surface area contributed by atoms with Gasteiger partial charge in [-0.25, -0.2) is 9.49 Å². The van der Waals surface area contributed by atoms with Crippen LogP contribution in [0, 0.1) is 23.1 Å². The van der Waals surface area contributed by atoms with Crippen LogP contribution in [0.15, 0.2) is 65.5 Å². The zero-order valence-corrected chi connectivity index (χ0v) is 24.9. The summed E-state index contributed by atoms with van der Waals surface area (Å²) in [5.41, 5.74) is 3.93. The molecule has 44 heavy (non-hydrogen) atoms. The van der Waals surface area contributed by atoms with Gasteiger partial charge in [0.2, 0.25) is 0 Å². The molecule has 0 saturated heterocycles. The number of fused-ring (bicyclic) bond motifs is 6. The Kier molecular flexibility index (Phi) is 7.49. The van der Waals surface area contributed by atoms with E-state index in [1.165, 1.54) is 17.2 Å². The molecule has 3 aliphatic carbocycles. The fourth-order valence-corrected chi connectivity index (χ4v) is 8.61. The number of aromatic amines is 1. The number of phenolic OH excluding ortho intramolecular Hbond substituents is 1. The van der Waals surface area contributed by atoms with Crippen molar-refractivity contribution in [2.24, 2.45) is 17.3 Å². The molecule has 0 unspecified atom stereocenters. The summed E-state index contributed by atoms with van der Waals surface area (Å²) in [6, 6.07) is 17.6. The molecule has 1 heterocycles. The van der Waals surface area contributed by atoms with E-state index in [9.17, 15) is 19.1 Å². The molecular weight excluding hydrogens is 557 g/mol. The van der Waals surface area contributed by atoms with Gasteiger partial charge in [0, 0.05) is 18.4 Å². The lowest BCUT2D eigenvalue weighted by molar-refractivity contribution is -0.0624. The van der Waals surface area contributed by atoms with E-state index in [1.807, 2.05) is 24.3 Å². The maximum absolute atomic E-state index is 14.7. The van der Waals surface area contributed by atoms with Crippen LogP contribution in [-0.2, 0) is 17.6 Å². The molecule has 7 nitrogen and oxygen atoms in total. The molecule has 3 N–H and O–H groups in total. The number of amides is 1. The average molecular weight is 596 g/mol. The Hall–Kier alpha value is -4.04. The minimum atomic E-state index is -0.585. The summed E-state index contributed by atoms with van der Waals surface area (Å²) in [5.74, 6) is 1.09. The van der Waals surface area contributed by atoms with E-state index < -0.39 is 11.7 Å². The number of aromatic hydroxyl groups is 1. The monoisotopic (exact) mass is 595 g/mol. The van der Waals surface area contributed by atoms with Gasteiger partial charge >= 0.3 is 0 Å².